The molecule has 1 rings (SSSR count). The third kappa shape index (κ3) is 6.90. The van der Waals surface area contributed by atoms with Gasteiger partial charge in [-0.1, -0.05) is 27.7 Å². The van der Waals surface area contributed by atoms with Crippen molar-refractivity contribution >= 4 is 17.5 Å². The highest BCUT2D eigenvalue weighted by atomic mass is 16.2. The molecular weight excluding hydrogens is 330 g/mol. The molecule has 0 spiro atoms. The first-order valence-electron chi connectivity index (χ1n) is 9.58. The number of nitrogens with two attached hydrogens (primary N) is 1. The zero-order valence-corrected chi connectivity index (χ0v) is 16.9. The molecule has 1 aliphatic rings. The van der Waals surface area contributed by atoms with Crippen molar-refractivity contribution < 1.29 is 14.4 Å². The van der Waals surface area contributed by atoms with Gasteiger partial charge in [0.2, 0.25) is 5.91 Å². The number of carbonyl (C=O) groups excluding carboxylic acids is 3. The van der Waals surface area contributed by atoms with E-state index in [1.165, 1.54) is 0 Å². The molecule has 0 aliphatic heterocycles. The molecule has 0 aromatic rings. The molecule has 1 aliphatic carbocycles. The number of nitrogens with one attached hydrogen (secondary N) is 2. The van der Waals surface area contributed by atoms with Gasteiger partial charge in [0.05, 0.1) is 11.6 Å². The number of amides is 1. The average molecular weight is 366 g/mol. The summed E-state index contributed by atoms with van der Waals surface area (Å²) in [7, 11) is 1.58. The van der Waals surface area contributed by atoms with Crippen molar-refractivity contribution in [2.24, 2.45) is 17.1 Å². The summed E-state index contributed by atoms with van der Waals surface area (Å²) in [6, 6.07) is -0.489. The predicted molar refractivity (Wildman–Crippen MR) is 103 cm³/mol. The maximum absolute atomic E-state index is 12.5. The summed E-state index contributed by atoms with van der Waals surface area (Å²) in [5, 5.41) is 5.87. The molecule has 1 atom stereocenters. The van der Waals surface area contributed by atoms with Gasteiger partial charge >= 0.3 is 0 Å². The van der Waals surface area contributed by atoms with E-state index in [2.05, 4.69) is 24.5 Å². The van der Waals surface area contributed by atoms with Gasteiger partial charge in [-0.2, -0.15) is 0 Å². The Balaban J connectivity index is 2.69. The van der Waals surface area contributed by atoms with Gasteiger partial charge in [-0.05, 0) is 37.0 Å². The molecule has 0 heterocycles. The van der Waals surface area contributed by atoms with Gasteiger partial charge in [0.15, 0.2) is 11.6 Å². The highest BCUT2D eigenvalue weighted by Gasteiger charge is 2.37. The highest BCUT2D eigenvalue weighted by molar-refractivity contribution is 6.22. The number of hydrogen-bond donors (Lipinski definition) is 3. The molecule has 0 aromatic carbocycles. The van der Waals surface area contributed by atoms with Crippen LogP contribution in [-0.2, 0) is 14.4 Å². The number of likely N-dealkylation sites (N-methyl/N-ethyl adjacent to an activating group) is 1. The fourth-order valence-corrected chi connectivity index (χ4v) is 3.32. The molecule has 4 N–H and O–H groups in total. The third-order valence-electron chi connectivity index (χ3n) is 4.61. The minimum atomic E-state index is -0.489. The lowest BCUT2D eigenvalue weighted by Gasteiger charge is -2.30. The van der Waals surface area contributed by atoms with Crippen molar-refractivity contribution in [3.8, 4) is 0 Å². The number of allylic oxidation sites excluding steroid dienone is 2. The minimum absolute atomic E-state index is 0.0453. The number of rotatable bonds is 9. The van der Waals surface area contributed by atoms with E-state index in [-0.39, 0.29) is 22.9 Å². The number of unbranched alkanes of at least 4 members (excludes halogenated alkanes) is 1. The van der Waals surface area contributed by atoms with E-state index in [1.807, 2.05) is 13.8 Å². The van der Waals surface area contributed by atoms with E-state index in [0.29, 0.717) is 43.7 Å². The van der Waals surface area contributed by atoms with E-state index in [1.54, 1.807) is 7.05 Å². The molecule has 6 heteroatoms. The molecule has 0 bridgehead atoms. The lowest BCUT2D eigenvalue weighted by Crippen LogP contribution is -2.38. The summed E-state index contributed by atoms with van der Waals surface area (Å²) >= 11 is 0. The van der Waals surface area contributed by atoms with E-state index in [4.69, 9.17) is 5.73 Å². The van der Waals surface area contributed by atoms with E-state index < -0.39 is 6.04 Å². The number of ketones is 2. The highest BCUT2D eigenvalue weighted by Crippen LogP contribution is 2.35. The van der Waals surface area contributed by atoms with Crippen LogP contribution in [0, 0.1) is 11.3 Å². The van der Waals surface area contributed by atoms with Gasteiger partial charge in [0, 0.05) is 32.1 Å². The van der Waals surface area contributed by atoms with Gasteiger partial charge < -0.3 is 16.4 Å². The SMILES string of the molecule is CNC(=O)C(N)CCCCNC(CC(C)C)=C1C(=O)CC(C)(C)CC1=O. The topological polar surface area (TPSA) is 101 Å². The molecule has 0 radical (unpaired) electrons. The average Bonchev–Trinajstić information content (AvgIpc) is 2.50. The second-order valence-corrected chi connectivity index (χ2v) is 8.46. The van der Waals surface area contributed by atoms with Gasteiger partial charge in [-0.3, -0.25) is 14.4 Å². The quantitative estimate of drug-likeness (QED) is 0.330. The summed E-state index contributed by atoms with van der Waals surface area (Å²) < 4.78 is 0. The summed E-state index contributed by atoms with van der Waals surface area (Å²) in [5.41, 5.74) is 6.68. The Bertz CT molecular complexity index is 543. The molecule has 1 amide bonds. The largest absolute Gasteiger partial charge is 0.388 e. The smallest absolute Gasteiger partial charge is 0.236 e. The zero-order valence-electron chi connectivity index (χ0n) is 16.9. The van der Waals surface area contributed by atoms with Crippen molar-refractivity contribution in [2.75, 3.05) is 13.6 Å². The lowest BCUT2D eigenvalue weighted by molar-refractivity contribution is -0.127. The molecule has 148 valence electrons. The van der Waals surface area contributed by atoms with Crippen molar-refractivity contribution in [1.82, 2.24) is 10.6 Å². The van der Waals surface area contributed by atoms with Crippen molar-refractivity contribution in [1.29, 1.82) is 0 Å². The Morgan fingerprint density at radius 1 is 1.15 bits per heavy atom. The maximum Gasteiger partial charge on any atom is 0.236 e. The summed E-state index contributed by atoms with van der Waals surface area (Å²) in [4.78, 5) is 36.5. The van der Waals surface area contributed by atoms with Gasteiger partial charge in [-0.25, -0.2) is 0 Å². The number of Topliss-reactive ketones (excluding diaryl/α,β-unsaturated/α-hetero) is 2. The normalized spacial score (nSPS) is 18.0. The van der Waals surface area contributed by atoms with Crippen molar-refractivity contribution in [3.63, 3.8) is 0 Å². The molecular formula is C20H35N3O3. The van der Waals surface area contributed by atoms with Crippen molar-refractivity contribution in [2.45, 2.75) is 72.3 Å². The summed E-state index contributed by atoms with van der Waals surface area (Å²) in [5.74, 6) is 0.107. The monoisotopic (exact) mass is 365 g/mol. The fraction of sp³-hybridized carbons (Fsp3) is 0.750. The van der Waals surface area contributed by atoms with Crippen LogP contribution < -0.4 is 16.4 Å². The molecule has 6 nitrogen and oxygen atoms in total. The first-order chi connectivity index (χ1) is 12.1. The Morgan fingerprint density at radius 3 is 2.23 bits per heavy atom. The van der Waals surface area contributed by atoms with E-state index >= 15 is 0 Å². The van der Waals surface area contributed by atoms with Gasteiger partial charge in [-0.15, -0.1) is 0 Å². The first-order valence-corrected chi connectivity index (χ1v) is 9.58. The predicted octanol–water partition coefficient (Wildman–Crippen LogP) is 2.08. The van der Waals surface area contributed by atoms with Gasteiger partial charge in [0.25, 0.3) is 0 Å². The lowest BCUT2D eigenvalue weighted by atomic mass is 9.73. The van der Waals surface area contributed by atoms with Crippen LogP contribution in [0.1, 0.15) is 66.2 Å². The third-order valence-corrected chi connectivity index (χ3v) is 4.61. The number of carbonyl (C=O) groups is 3. The van der Waals surface area contributed by atoms with Crippen LogP contribution in [0.15, 0.2) is 11.3 Å². The van der Waals surface area contributed by atoms with Crippen LogP contribution in [0.3, 0.4) is 0 Å². The fourth-order valence-electron chi connectivity index (χ4n) is 3.32. The second kappa shape index (κ2) is 9.86. The Kier molecular flexibility index (Phi) is 8.47. The van der Waals surface area contributed by atoms with Crippen LogP contribution in [0.25, 0.3) is 0 Å². The molecule has 26 heavy (non-hydrogen) atoms. The van der Waals surface area contributed by atoms with E-state index in [0.717, 1.165) is 18.5 Å². The molecule has 1 unspecified atom stereocenters. The van der Waals surface area contributed by atoms with Crippen LogP contribution >= 0.6 is 0 Å². The number of hydrogen-bond acceptors (Lipinski definition) is 5. The second-order valence-electron chi connectivity index (χ2n) is 8.46. The Labute approximate surface area is 157 Å². The van der Waals surface area contributed by atoms with Crippen molar-refractivity contribution in [3.05, 3.63) is 11.3 Å². The molecule has 0 aromatic heterocycles. The molecule has 1 saturated carbocycles. The van der Waals surface area contributed by atoms with Crippen LogP contribution in [0.2, 0.25) is 0 Å². The Morgan fingerprint density at radius 2 is 1.73 bits per heavy atom. The zero-order chi connectivity index (χ0) is 19.9. The summed E-state index contributed by atoms with van der Waals surface area (Å²) in [6.07, 6.45) is 3.76. The minimum Gasteiger partial charge on any atom is -0.388 e. The molecule has 0 saturated heterocycles. The van der Waals surface area contributed by atoms with Crippen LogP contribution in [0.4, 0.5) is 0 Å². The van der Waals surface area contributed by atoms with E-state index in [9.17, 15) is 14.4 Å². The van der Waals surface area contributed by atoms with Crippen LogP contribution in [-0.4, -0.2) is 37.1 Å². The standard InChI is InChI=1S/C20H35N3O3/c1-13(2)10-15(18-16(24)11-20(3,4)12-17(18)25)23-9-7-6-8-14(21)19(26)22-5/h13-14,23H,6-12,21H2,1-5H3,(H,22,26). The van der Waals surface area contributed by atoms with Crippen LogP contribution in [0.5, 0.6) is 0 Å². The van der Waals surface area contributed by atoms with Gasteiger partial charge in [0.1, 0.15) is 0 Å². The first kappa shape index (κ1) is 22.4. The summed E-state index contributed by atoms with van der Waals surface area (Å²) in [6.45, 7) is 8.74. The molecule has 1 fully saturated rings. The maximum atomic E-state index is 12.5. The Hall–Kier alpha value is -1.69.